The summed E-state index contributed by atoms with van der Waals surface area (Å²) < 4.78 is 30.6. The Morgan fingerprint density at radius 1 is 0.857 bits per heavy atom. The van der Waals surface area contributed by atoms with Gasteiger partial charge in [0.2, 0.25) is 0 Å². The van der Waals surface area contributed by atoms with Gasteiger partial charge >= 0.3 is 5.69 Å². The molecule has 0 unspecified atom stereocenters. The lowest BCUT2D eigenvalue weighted by Gasteiger charge is -2.30. The quantitative estimate of drug-likeness (QED) is 0.407. The second-order valence-corrected chi connectivity index (χ2v) is 9.68. The number of halogens is 2. The van der Waals surface area contributed by atoms with Gasteiger partial charge in [-0.1, -0.05) is 29.8 Å². The van der Waals surface area contributed by atoms with Crippen LogP contribution in [-0.2, 0) is 13.6 Å². The zero-order chi connectivity index (χ0) is 24.5. The van der Waals surface area contributed by atoms with Gasteiger partial charge in [0.05, 0.1) is 5.52 Å². The summed E-state index contributed by atoms with van der Waals surface area (Å²) in [6.45, 7) is 2.48. The maximum Gasteiger partial charge on any atom is 0.331 e. The average molecular weight is 494 g/mol. The molecule has 3 heterocycles. The molecule has 0 saturated carbocycles. The second kappa shape index (κ2) is 9.71. The topological polar surface area (TPSA) is 47.2 Å². The van der Waals surface area contributed by atoms with Crippen LogP contribution in [0.4, 0.5) is 8.78 Å². The molecule has 0 bridgehead atoms. The lowest BCUT2D eigenvalue weighted by molar-refractivity contribution is 0.244. The van der Waals surface area contributed by atoms with Crippen LogP contribution >= 0.6 is 11.3 Å². The summed E-state index contributed by atoms with van der Waals surface area (Å²) in [5, 5.41) is 1.83. The molecule has 0 N–H and O–H groups in total. The molecule has 180 valence electrons. The standard InChI is InChI=1S/C27H25F2N3O2S/c1-30-23-12-17-35-25(23)26(33)32(27(30)34)16-15-31-13-10-20(11-14-31)24(18-2-6-21(28)7-3-18)19-4-8-22(29)9-5-19/h2-9,12,17H,10-11,13-16H2,1H3. The number of benzene rings is 2. The van der Waals surface area contributed by atoms with Gasteiger partial charge in [0.15, 0.2) is 0 Å². The van der Waals surface area contributed by atoms with Gasteiger partial charge < -0.3 is 4.90 Å². The molecule has 1 fully saturated rings. The molecule has 1 aliphatic heterocycles. The van der Waals surface area contributed by atoms with Gasteiger partial charge in [-0.05, 0) is 65.3 Å². The fourth-order valence-corrected chi connectivity index (χ4v) is 5.63. The predicted molar refractivity (Wildman–Crippen MR) is 136 cm³/mol. The van der Waals surface area contributed by atoms with E-state index in [1.807, 2.05) is 5.38 Å². The molecule has 4 aromatic rings. The molecule has 5 nitrogen and oxygen atoms in total. The summed E-state index contributed by atoms with van der Waals surface area (Å²) >= 11 is 1.35. The van der Waals surface area contributed by atoms with Crippen molar-refractivity contribution in [2.45, 2.75) is 19.4 Å². The van der Waals surface area contributed by atoms with Crippen LogP contribution in [0.1, 0.15) is 24.0 Å². The number of rotatable bonds is 5. The minimum Gasteiger partial charge on any atom is -0.301 e. The van der Waals surface area contributed by atoms with Crippen molar-refractivity contribution in [1.29, 1.82) is 0 Å². The Balaban J connectivity index is 1.36. The number of hydrogen-bond acceptors (Lipinski definition) is 4. The number of thiophene rings is 1. The molecular weight excluding hydrogens is 468 g/mol. The number of piperidine rings is 1. The molecule has 0 amide bonds. The summed E-state index contributed by atoms with van der Waals surface area (Å²) in [6.07, 6.45) is 1.59. The first-order valence-corrected chi connectivity index (χ1v) is 12.4. The van der Waals surface area contributed by atoms with Crippen molar-refractivity contribution in [2.24, 2.45) is 7.05 Å². The fourth-order valence-electron chi connectivity index (χ4n) is 4.76. The largest absolute Gasteiger partial charge is 0.331 e. The molecule has 2 aromatic carbocycles. The van der Waals surface area contributed by atoms with E-state index in [2.05, 4.69) is 4.90 Å². The molecule has 5 rings (SSSR count). The third-order valence-electron chi connectivity index (χ3n) is 6.68. The molecule has 35 heavy (non-hydrogen) atoms. The first-order chi connectivity index (χ1) is 16.9. The van der Waals surface area contributed by atoms with Crippen molar-refractivity contribution in [3.05, 3.63) is 109 Å². The second-order valence-electron chi connectivity index (χ2n) is 8.77. The predicted octanol–water partition coefficient (Wildman–Crippen LogP) is 4.64. The van der Waals surface area contributed by atoms with Crippen LogP contribution in [0.25, 0.3) is 15.8 Å². The monoisotopic (exact) mass is 493 g/mol. The van der Waals surface area contributed by atoms with E-state index in [4.69, 9.17) is 0 Å². The highest BCUT2D eigenvalue weighted by molar-refractivity contribution is 7.17. The Labute approximate surface area is 205 Å². The maximum atomic E-state index is 13.6. The molecule has 0 spiro atoms. The molecule has 0 radical (unpaired) electrons. The zero-order valence-electron chi connectivity index (χ0n) is 19.3. The molecule has 1 aliphatic rings. The van der Waals surface area contributed by atoms with Gasteiger partial charge in [-0.3, -0.25) is 13.9 Å². The van der Waals surface area contributed by atoms with Crippen LogP contribution in [0.2, 0.25) is 0 Å². The summed E-state index contributed by atoms with van der Waals surface area (Å²) in [4.78, 5) is 27.8. The van der Waals surface area contributed by atoms with Crippen LogP contribution in [-0.4, -0.2) is 33.7 Å². The van der Waals surface area contributed by atoms with E-state index in [0.29, 0.717) is 23.3 Å². The number of aryl methyl sites for hydroxylation is 1. The molecule has 2 aromatic heterocycles. The van der Waals surface area contributed by atoms with Gasteiger partial charge in [-0.2, -0.15) is 0 Å². The Bertz CT molecular complexity index is 1460. The summed E-state index contributed by atoms with van der Waals surface area (Å²) in [6, 6.07) is 14.6. The van der Waals surface area contributed by atoms with E-state index in [1.165, 1.54) is 50.3 Å². The average Bonchev–Trinajstić information content (AvgIpc) is 3.37. The SMILES string of the molecule is Cn1c(=O)n(CCN2CCC(=C(c3ccc(F)cc3)c3ccc(F)cc3)CC2)c(=O)c2sccc21. The lowest BCUT2D eigenvalue weighted by atomic mass is 9.88. The summed E-state index contributed by atoms with van der Waals surface area (Å²) in [7, 11) is 1.69. The first-order valence-electron chi connectivity index (χ1n) is 11.6. The smallest absolute Gasteiger partial charge is 0.301 e. The Hall–Kier alpha value is -3.36. The zero-order valence-corrected chi connectivity index (χ0v) is 20.2. The minimum absolute atomic E-state index is 0.231. The maximum absolute atomic E-state index is 13.6. The highest BCUT2D eigenvalue weighted by Crippen LogP contribution is 2.32. The van der Waals surface area contributed by atoms with Gasteiger partial charge in [0.1, 0.15) is 16.3 Å². The highest BCUT2D eigenvalue weighted by Gasteiger charge is 2.20. The number of likely N-dealkylation sites (tertiary alicyclic amines) is 1. The normalized spacial score (nSPS) is 14.5. The van der Waals surface area contributed by atoms with Crippen molar-refractivity contribution < 1.29 is 8.78 Å². The third-order valence-corrected chi connectivity index (χ3v) is 7.57. The van der Waals surface area contributed by atoms with E-state index in [-0.39, 0.29) is 22.9 Å². The summed E-state index contributed by atoms with van der Waals surface area (Å²) in [5.41, 5.74) is 4.19. The van der Waals surface area contributed by atoms with Crippen LogP contribution in [0.15, 0.2) is 75.1 Å². The van der Waals surface area contributed by atoms with Gasteiger partial charge in [0.25, 0.3) is 5.56 Å². The van der Waals surface area contributed by atoms with Crippen LogP contribution in [0, 0.1) is 11.6 Å². The highest BCUT2D eigenvalue weighted by atomic mass is 32.1. The van der Waals surface area contributed by atoms with E-state index in [1.54, 1.807) is 37.4 Å². The number of aromatic nitrogens is 2. The molecule has 0 atom stereocenters. The number of nitrogens with zero attached hydrogens (tertiary/aromatic N) is 3. The minimum atomic E-state index is -0.298. The van der Waals surface area contributed by atoms with Crippen molar-refractivity contribution in [2.75, 3.05) is 19.6 Å². The van der Waals surface area contributed by atoms with Crippen LogP contribution < -0.4 is 11.2 Å². The third kappa shape index (κ3) is 4.63. The molecule has 1 saturated heterocycles. The number of hydrogen-bond donors (Lipinski definition) is 0. The van der Waals surface area contributed by atoms with Gasteiger partial charge in [-0.15, -0.1) is 11.3 Å². The van der Waals surface area contributed by atoms with Crippen LogP contribution in [0.5, 0.6) is 0 Å². The molecular formula is C27H25F2N3O2S. The Morgan fingerprint density at radius 3 is 2.00 bits per heavy atom. The molecule has 0 aliphatic carbocycles. The summed E-state index contributed by atoms with van der Waals surface area (Å²) in [5.74, 6) is -0.594. The van der Waals surface area contributed by atoms with Crippen LogP contribution in [0.3, 0.4) is 0 Å². The van der Waals surface area contributed by atoms with Gasteiger partial charge in [0, 0.05) is 33.2 Å². The van der Waals surface area contributed by atoms with Crippen molar-refractivity contribution >= 4 is 27.1 Å². The first kappa shape index (κ1) is 23.4. The number of fused-ring (bicyclic) bond motifs is 1. The van der Waals surface area contributed by atoms with E-state index < -0.39 is 0 Å². The van der Waals surface area contributed by atoms with Gasteiger partial charge in [-0.25, -0.2) is 13.6 Å². The molecule has 8 heteroatoms. The van der Waals surface area contributed by atoms with E-state index in [0.717, 1.165) is 42.6 Å². The van der Waals surface area contributed by atoms with E-state index >= 15 is 0 Å². The fraction of sp³-hybridized carbons (Fsp3) is 0.259. The Kier molecular flexibility index (Phi) is 6.49. The van der Waals surface area contributed by atoms with Crippen molar-refractivity contribution in [1.82, 2.24) is 14.0 Å². The van der Waals surface area contributed by atoms with Crippen molar-refractivity contribution in [3.8, 4) is 0 Å². The lowest BCUT2D eigenvalue weighted by Crippen LogP contribution is -2.42. The van der Waals surface area contributed by atoms with Crippen molar-refractivity contribution in [3.63, 3.8) is 0 Å². The Morgan fingerprint density at radius 2 is 1.43 bits per heavy atom. The van der Waals surface area contributed by atoms with E-state index in [9.17, 15) is 18.4 Å².